The number of rotatable bonds is 9. The third-order valence-electron chi connectivity index (χ3n) is 6.05. The maximum atomic E-state index is 11.2. The Morgan fingerprint density at radius 3 is 2.21 bits per heavy atom. The van der Waals surface area contributed by atoms with Crippen LogP contribution in [0.4, 0.5) is 11.4 Å². The predicted octanol–water partition coefficient (Wildman–Crippen LogP) is 5.11. The number of thioether (sulfide) groups is 1. The van der Waals surface area contributed by atoms with Gasteiger partial charge in [-0.3, -0.25) is 20.2 Å². The first-order valence-electron chi connectivity index (χ1n) is 11.0. The van der Waals surface area contributed by atoms with Crippen LogP contribution < -0.4 is 0 Å². The summed E-state index contributed by atoms with van der Waals surface area (Å²) in [6.07, 6.45) is 4.15. The van der Waals surface area contributed by atoms with Crippen LogP contribution in [0.25, 0.3) is 0 Å². The number of ether oxygens (including phenoxy) is 1. The second-order valence-electron chi connectivity index (χ2n) is 8.28. The van der Waals surface area contributed by atoms with Crippen molar-refractivity contribution < 1.29 is 14.6 Å². The van der Waals surface area contributed by atoms with E-state index < -0.39 is 9.85 Å². The highest BCUT2D eigenvalue weighted by Crippen LogP contribution is 2.35. The summed E-state index contributed by atoms with van der Waals surface area (Å²) in [6, 6.07) is 13.7. The maximum Gasteiger partial charge on any atom is 0.276 e. The third kappa shape index (κ3) is 5.60. The van der Waals surface area contributed by atoms with Crippen molar-refractivity contribution in [2.75, 3.05) is 7.11 Å². The van der Waals surface area contributed by atoms with Crippen molar-refractivity contribution in [3.63, 3.8) is 0 Å². The van der Waals surface area contributed by atoms with E-state index >= 15 is 0 Å². The largest absolute Gasteiger partial charge is 0.381 e. The second kappa shape index (κ2) is 10.7. The molecule has 0 N–H and O–H groups in total. The normalized spacial score (nSPS) is 18.0. The molecule has 1 aromatic heterocycles. The number of benzene rings is 2. The van der Waals surface area contributed by atoms with Crippen LogP contribution in [0, 0.1) is 20.2 Å². The third-order valence-corrected chi connectivity index (χ3v) is 7.09. The first kappa shape index (κ1) is 23.8. The minimum absolute atomic E-state index is 0.274. The molecule has 11 heteroatoms. The fraction of sp³-hybridized carbons (Fsp3) is 0.391. The van der Waals surface area contributed by atoms with Gasteiger partial charge in [-0.2, -0.15) is 0 Å². The van der Waals surface area contributed by atoms with Gasteiger partial charge in [0.15, 0.2) is 5.16 Å². The molecule has 1 heterocycles. The van der Waals surface area contributed by atoms with Crippen molar-refractivity contribution >= 4 is 23.1 Å². The summed E-state index contributed by atoms with van der Waals surface area (Å²) in [7, 11) is 1.75. The van der Waals surface area contributed by atoms with E-state index in [-0.39, 0.29) is 23.4 Å². The van der Waals surface area contributed by atoms with E-state index in [1.165, 1.54) is 23.9 Å². The lowest BCUT2D eigenvalue weighted by Gasteiger charge is -2.27. The van der Waals surface area contributed by atoms with Crippen LogP contribution in [0.2, 0.25) is 0 Å². The molecule has 178 valence electrons. The zero-order chi connectivity index (χ0) is 24.1. The van der Waals surface area contributed by atoms with E-state index in [0.717, 1.165) is 43.1 Å². The first-order chi connectivity index (χ1) is 16.4. The summed E-state index contributed by atoms with van der Waals surface area (Å²) in [5, 5.41) is 32.1. The summed E-state index contributed by atoms with van der Waals surface area (Å²) < 4.78 is 7.60. The van der Waals surface area contributed by atoms with Crippen LogP contribution in [0.3, 0.4) is 0 Å². The van der Waals surface area contributed by atoms with Crippen LogP contribution in [0.5, 0.6) is 0 Å². The SMILES string of the molecule is COC1CCC(c2nnc(SCc3cc([N+](=O)[O-])cc([N+](=O)[O-])c3)n2Cc2ccccc2)CC1. The van der Waals surface area contributed by atoms with E-state index in [2.05, 4.69) is 14.8 Å². The summed E-state index contributed by atoms with van der Waals surface area (Å²) in [5.74, 6) is 1.49. The smallest absolute Gasteiger partial charge is 0.276 e. The molecule has 4 rings (SSSR count). The number of nitro groups is 2. The lowest BCUT2D eigenvalue weighted by atomic mass is 9.87. The number of nitro benzene ring substituents is 2. The molecule has 1 saturated carbocycles. The number of methoxy groups -OCH3 is 1. The minimum atomic E-state index is -0.618. The van der Waals surface area contributed by atoms with E-state index in [9.17, 15) is 20.2 Å². The molecule has 0 aliphatic heterocycles. The van der Waals surface area contributed by atoms with Gasteiger partial charge in [-0.1, -0.05) is 42.1 Å². The molecule has 0 atom stereocenters. The van der Waals surface area contributed by atoms with Crippen LogP contribution >= 0.6 is 11.8 Å². The Bertz CT molecular complexity index is 1130. The van der Waals surface area contributed by atoms with Crippen LogP contribution in [-0.4, -0.2) is 37.8 Å². The molecule has 0 unspecified atom stereocenters. The molecular weight excluding hydrogens is 458 g/mol. The summed E-state index contributed by atoms with van der Waals surface area (Å²) >= 11 is 1.37. The summed E-state index contributed by atoms with van der Waals surface area (Å²) in [6.45, 7) is 0.602. The van der Waals surface area contributed by atoms with Gasteiger partial charge in [-0.15, -0.1) is 10.2 Å². The topological polar surface area (TPSA) is 126 Å². The summed E-state index contributed by atoms with van der Waals surface area (Å²) in [5.41, 5.74) is 1.00. The number of nitrogens with zero attached hydrogens (tertiary/aromatic N) is 5. The number of hydrogen-bond donors (Lipinski definition) is 0. The van der Waals surface area contributed by atoms with Gasteiger partial charge < -0.3 is 9.30 Å². The van der Waals surface area contributed by atoms with Crippen molar-refractivity contribution in [1.29, 1.82) is 0 Å². The van der Waals surface area contributed by atoms with E-state index in [1.807, 2.05) is 30.3 Å². The molecule has 1 aliphatic rings. The zero-order valence-corrected chi connectivity index (χ0v) is 19.5. The van der Waals surface area contributed by atoms with Gasteiger partial charge >= 0.3 is 0 Å². The Hall–Kier alpha value is -3.31. The highest BCUT2D eigenvalue weighted by atomic mass is 32.2. The number of aromatic nitrogens is 3. The summed E-state index contributed by atoms with van der Waals surface area (Å²) in [4.78, 5) is 21.2. The minimum Gasteiger partial charge on any atom is -0.381 e. The molecule has 0 bridgehead atoms. The first-order valence-corrected chi connectivity index (χ1v) is 12.0. The fourth-order valence-electron chi connectivity index (χ4n) is 4.28. The average Bonchev–Trinajstić information content (AvgIpc) is 3.25. The van der Waals surface area contributed by atoms with E-state index in [1.54, 1.807) is 7.11 Å². The van der Waals surface area contributed by atoms with Crippen molar-refractivity contribution in [3.05, 3.63) is 85.7 Å². The van der Waals surface area contributed by atoms with Crippen molar-refractivity contribution in [3.8, 4) is 0 Å². The lowest BCUT2D eigenvalue weighted by molar-refractivity contribution is -0.394. The Labute approximate surface area is 200 Å². The Morgan fingerprint density at radius 1 is 0.971 bits per heavy atom. The van der Waals surface area contributed by atoms with Gasteiger partial charge in [0.05, 0.1) is 28.6 Å². The Morgan fingerprint density at radius 2 is 1.62 bits per heavy atom. The van der Waals surface area contributed by atoms with Gasteiger partial charge in [0.2, 0.25) is 0 Å². The van der Waals surface area contributed by atoms with Crippen molar-refractivity contribution in [2.45, 2.75) is 55.2 Å². The molecule has 34 heavy (non-hydrogen) atoms. The molecule has 1 fully saturated rings. The van der Waals surface area contributed by atoms with Crippen LogP contribution in [0.15, 0.2) is 53.7 Å². The van der Waals surface area contributed by atoms with Crippen LogP contribution in [-0.2, 0) is 17.0 Å². The molecule has 2 aromatic carbocycles. The Balaban J connectivity index is 1.60. The second-order valence-corrected chi connectivity index (χ2v) is 9.22. The maximum absolute atomic E-state index is 11.2. The standard InChI is InChI=1S/C23H25N5O5S/c1-33-21-9-7-18(8-10-21)22-24-25-23(26(22)14-16-5-3-2-4-6-16)34-15-17-11-19(27(29)30)13-20(12-17)28(31)32/h2-6,11-13,18,21H,7-10,14-15H2,1H3. The number of hydrogen-bond acceptors (Lipinski definition) is 8. The average molecular weight is 484 g/mol. The van der Waals surface area contributed by atoms with Gasteiger partial charge in [-0.25, -0.2) is 0 Å². The van der Waals surface area contributed by atoms with Crippen molar-refractivity contribution in [1.82, 2.24) is 14.8 Å². The highest BCUT2D eigenvalue weighted by molar-refractivity contribution is 7.98. The molecule has 10 nitrogen and oxygen atoms in total. The van der Waals surface area contributed by atoms with Gasteiger partial charge in [0, 0.05) is 30.9 Å². The number of non-ortho nitro benzene ring substituents is 2. The molecule has 0 radical (unpaired) electrons. The predicted molar refractivity (Wildman–Crippen MR) is 127 cm³/mol. The molecule has 0 spiro atoms. The van der Waals surface area contributed by atoms with E-state index in [4.69, 9.17) is 4.74 Å². The molecule has 1 aliphatic carbocycles. The van der Waals surface area contributed by atoms with Gasteiger partial charge in [0.1, 0.15) is 5.82 Å². The monoisotopic (exact) mass is 483 g/mol. The molecular formula is C23H25N5O5S. The van der Waals surface area contributed by atoms with E-state index in [0.29, 0.717) is 23.0 Å². The lowest BCUT2D eigenvalue weighted by Crippen LogP contribution is -2.21. The molecule has 0 saturated heterocycles. The molecule has 3 aromatic rings. The van der Waals surface area contributed by atoms with Crippen molar-refractivity contribution in [2.24, 2.45) is 0 Å². The van der Waals surface area contributed by atoms with Gasteiger partial charge in [0.25, 0.3) is 11.4 Å². The zero-order valence-electron chi connectivity index (χ0n) is 18.7. The quantitative estimate of drug-likeness (QED) is 0.233. The Kier molecular flexibility index (Phi) is 7.53. The van der Waals surface area contributed by atoms with Gasteiger partial charge in [-0.05, 0) is 36.8 Å². The van der Waals surface area contributed by atoms with Crippen LogP contribution in [0.1, 0.15) is 48.6 Å². The molecule has 0 amide bonds. The highest BCUT2D eigenvalue weighted by Gasteiger charge is 2.27. The fourth-order valence-corrected chi connectivity index (χ4v) is 5.15.